The molecule has 0 aromatic heterocycles. The van der Waals surface area contributed by atoms with Crippen molar-refractivity contribution < 1.29 is 28.8 Å². The second-order valence-corrected chi connectivity index (χ2v) is 17.1. The Morgan fingerprint density at radius 2 is 0.472 bits per heavy atom. The van der Waals surface area contributed by atoms with E-state index in [4.69, 9.17) is 0 Å². The van der Waals surface area contributed by atoms with E-state index < -0.39 is 5.97 Å². The number of hydrogen-bond acceptors (Lipinski definition) is 3. The number of unbranched alkanes of at least 4 members (excludes halogenated alkanes) is 39. The summed E-state index contributed by atoms with van der Waals surface area (Å²) in [5, 5.41) is 10.9. The second kappa shape index (κ2) is 50.0. The van der Waals surface area contributed by atoms with E-state index in [9.17, 15) is 9.90 Å². The molecule has 0 saturated carbocycles. The summed E-state index contributed by atoms with van der Waals surface area (Å²) in [6.45, 7) is 8.06. The van der Waals surface area contributed by atoms with Crippen LogP contribution in [0.2, 0.25) is 0 Å². The summed E-state index contributed by atoms with van der Waals surface area (Å²) in [6, 6.07) is 0. The number of aliphatic carboxylic acids is 1. The monoisotopic (exact) mass is 740 g/mol. The molecule has 0 spiro atoms. The van der Waals surface area contributed by atoms with Crippen molar-refractivity contribution >= 4 is 5.97 Å². The van der Waals surface area contributed by atoms with Crippen LogP contribution in [0.3, 0.4) is 0 Å². The number of rotatable bonds is 47. The Labute approximate surface area is 347 Å². The maximum absolute atomic E-state index is 10.9. The Kier molecular flexibility index (Phi) is 52.1. The minimum atomic E-state index is -0.894. The van der Waals surface area contributed by atoms with Gasteiger partial charge in [-0.2, -0.15) is 0 Å². The van der Waals surface area contributed by atoms with Gasteiger partial charge in [0.05, 0.1) is 0 Å². The SMILES string of the molecule is CCCCCCCCCCCCCCCCCCCCCCN(CCCCCCCCCCCCCCCCCCCCCC)CCCCC(=O)[O-].[Li+]. The molecule has 0 aromatic carbocycles. The molecule has 0 unspecified atom stereocenters. The quantitative estimate of drug-likeness (QED) is 0.0461. The summed E-state index contributed by atoms with van der Waals surface area (Å²) in [4.78, 5) is 13.5. The number of carbonyl (C=O) groups is 1. The molecule has 0 radical (unpaired) electrons. The maximum Gasteiger partial charge on any atom is 1.00 e. The van der Waals surface area contributed by atoms with Gasteiger partial charge in [0.15, 0.2) is 0 Å². The molecule has 0 saturated heterocycles. The number of hydrogen-bond donors (Lipinski definition) is 0. The molecular formula is C49H98LiNO2. The molecule has 0 N–H and O–H groups in total. The zero-order valence-corrected chi connectivity index (χ0v) is 37.3. The fraction of sp³-hybridized carbons (Fsp3) is 0.980. The van der Waals surface area contributed by atoms with Crippen molar-refractivity contribution in [3.05, 3.63) is 0 Å². The maximum atomic E-state index is 10.9. The Balaban J connectivity index is 0. The van der Waals surface area contributed by atoms with Gasteiger partial charge < -0.3 is 14.8 Å². The zero-order valence-electron chi connectivity index (χ0n) is 37.3. The van der Waals surface area contributed by atoms with Crippen LogP contribution in [0.4, 0.5) is 0 Å². The van der Waals surface area contributed by atoms with Gasteiger partial charge in [-0.1, -0.05) is 258 Å². The van der Waals surface area contributed by atoms with Crippen LogP contribution in [-0.2, 0) is 4.79 Å². The second-order valence-electron chi connectivity index (χ2n) is 17.1. The summed E-state index contributed by atoms with van der Waals surface area (Å²) >= 11 is 0. The fourth-order valence-electron chi connectivity index (χ4n) is 8.12. The molecule has 0 atom stereocenters. The third-order valence-electron chi connectivity index (χ3n) is 11.8. The topological polar surface area (TPSA) is 43.4 Å². The molecular weight excluding hydrogens is 641 g/mol. The first-order chi connectivity index (χ1) is 25.7. The first-order valence-electron chi connectivity index (χ1n) is 24.6. The Bertz CT molecular complexity index is 614. The van der Waals surface area contributed by atoms with Crippen LogP contribution in [0.5, 0.6) is 0 Å². The Hall–Kier alpha value is 0.0274. The summed E-state index contributed by atoms with van der Waals surface area (Å²) in [7, 11) is 0. The van der Waals surface area contributed by atoms with Crippen LogP contribution in [0, 0.1) is 0 Å². The normalized spacial score (nSPS) is 11.5. The summed E-state index contributed by atoms with van der Waals surface area (Å²) < 4.78 is 0. The van der Waals surface area contributed by atoms with Gasteiger partial charge in [0.25, 0.3) is 0 Å². The van der Waals surface area contributed by atoms with E-state index in [2.05, 4.69) is 18.7 Å². The van der Waals surface area contributed by atoms with Crippen LogP contribution in [0.25, 0.3) is 0 Å². The first kappa shape index (κ1) is 55.1. The van der Waals surface area contributed by atoms with Crippen molar-refractivity contribution in [3.8, 4) is 0 Å². The Morgan fingerprint density at radius 3 is 0.660 bits per heavy atom. The molecule has 0 aliphatic heterocycles. The predicted octanol–water partition coefficient (Wildman–Crippen LogP) is 12.9. The molecule has 0 bridgehead atoms. The van der Waals surface area contributed by atoms with Gasteiger partial charge >= 0.3 is 18.9 Å². The summed E-state index contributed by atoms with van der Waals surface area (Å²) in [5.41, 5.74) is 0. The molecule has 0 amide bonds. The van der Waals surface area contributed by atoms with Crippen molar-refractivity contribution in [3.63, 3.8) is 0 Å². The van der Waals surface area contributed by atoms with E-state index in [1.54, 1.807) is 0 Å². The van der Waals surface area contributed by atoms with E-state index in [0.29, 0.717) is 0 Å². The molecule has 4 heteroatoms. The molecule has 53 heavy (non-hydrogen) atoms. The molecule has 312 valence electrons. The van der Waals surface area contributed by atoms with Gasteiger partial charge in [0, 0.05) is 5.97 Å². The van der Waals surface area contributed by atoms with E-state index in [1.807, 2.05) is 0 Å². The standard InChI is InChI=1S/C49H99NO2.Li/c1-3-5-7-9-11-13-15-17-19-21-23-25-27-29-31-33-35-37-39-42-46-50(48-44-41-45-49(51)52)47-43-40-38-36-34-32-30-28-26-24-22-20-18-16-14-12-10-8-6-4-2;/h3-48H2,1-2H3,(H,51,52);/q;+1/p-1. The van der Waals surface area contributed by atoms with Crippen molar-refractivity contribution in [2.24, 2.45) is 0 Å². The number of carboxylic acids is 1. The molecule has 0 fully saturated rings. The molecule has 0 aliphatic carbocycles. The number of carboxylic acid groups (broad SMARTS) is 1. The van der Waals surface area contributed by atoms with Crippen molar-refractivity contribution in [1.82, 2.24) is 4.90 Å². The van der Waals surface area contributed by atoms with Gasteiger partial charge in [-0.15, -0.1) is 0 Å². The van der Waals surface area contributed by atoms with Crippen LogP contribution in [-0.4, -0.2) is 30.5 Å². The molecule has 0 aliphatic rings. The summed E-state index contributed by atoms with van der Waals surface area (Å²) in [6.07, 6.45) is 59.2. The molecule has 0 aromatic rings. The van der Waals surface area contributed by atoms with Crippen LogP contribution in [0.15, 0.2) is 0 Å². The van der Waals surface area contributed by atoms with Crippen LogP contribution in [0.1, 0.15) is 290 Å². The minimum absolute atomic E-state index is 0. The first-order valence-corrected chi connectivity index (χ1v) is 24.6. The Morgan fingerprint density at radius 1 is 0.302 bits per heavy atom. The fourth-order valence-corrected chi connectivity index (χ4v) is 8.12. The van der Waals surface area contributed by atoms with Gasteiger partial charge in [0.2, 0.25) is 0 Å². The third kappa shape index (κ3) is 50.0. The van der Waals surface area contributed by atoms with Gasteiger partial charge in [0.1, 0.15) is 0 Å². The van der Waals surface area contributed by atoms with E-state index in [-0.39, 0.29) is 25.3 Å². The van der Waals surface area contributed by atoms with Crippen LogP contribution < -0.4 is 24.0 Å². The predicted molar refractivity (Wildman–Crippen MR) is 231 cm³/mol. The number of nitrogens with zero attached hydrogens (tertiary/aromatic N) is 1. The van der Waals surface area contributed by atoms with Crippen molar-refractivity contribution in [1.29, 1.82) is 0 Å². The van der Waals surface area contributed by atoms with Crippen molar-refractivity contribution in [2.75, 3.05) is 19.6 Å². The minimum Gasteiger partial charge on any atom is -0.550 e. The largest absolute Gasteiger partial charge is 1.00 e. The van der Waals surface area contributed by atoms with Crippen LogP contribution >= 0.6 is 0 Å². The van der Waals surface area contributed by atoms with E-state index in [1.165, 1.54) is 270 Å². The smallest absolute Gasteiger partial charge is 0.550 e. The molecule has 0 rings (SSSR count). The third-order valence-corrected chi connectivity index (χ3v) is 11.8. The number of carbonyl (C=O) groups excluding carboxylic acids is 1. The zero-order chi connectivity index (χ0) is 37.7. The molecule has 3 nitrogen and oxygen atoms in total. The van der Waals surface area contributed by atoms with E-state index >= 15 is 0 Å². The molecule has 0 heterocycles. The van der Waals surface area contributed by atoms with E-state index in [0.717, 1.165) is 19.4 Å². The van der Waals surface area contributed by atoms with Gasteiger partial charge in [-0.25, -0.2) is 0 Å². The van der Waals surface area contributed by atoms with Gasteiger partial charge in [-0.3, -0.25) is 0 Å². The summed E-state index contributed by atoms with van der Waals surface area (Å²) in [5.74, 6) is -0.894. The van der Waals surface area contributed by atoms with Crippen molar-refractivity contribution in [2.45, 2.75) is 290 Å². The average Bonchev–Trinajstić information content (AvgIpc) is 3.14. The van der Waals surface area contributed by atoms with Gasteiger partial charge in [-0.05, 0) is 51.7 Å². The average molecular weight is 740 g/mol.